The summed E-state index contributed by atoms with van der Waals surface area (Å²) >= 11 is 9.14. The fourth-order valence-corrected chi connectivity index (χ4v) is 2.44. The fourth-order valence-electron chi connectivity index (χ4n) is 2.05. The summed E-state index contributed by atoms with van der Waals surface area (Å²) in [7, 11) is 0. The number of likely N-dealkylation sites (tertiary alicyclic amines) is 1. The summed E-state index contributed by atoms with van der Waals surface area (Å²) in [5.41, 5.74) is 0.441. The van der Waals surface area contributed by atoms with Gasteiger partial charge >= 0.3 is 0 Å². The molecule has 2 heterocycles. The van der Waals surface area contributed by atoms with Gasteiger partial charge in [-0.3, -0.25) is 4.79 Å². The normalized spacial score (nSPS) is 17.1. The van der Waals surface area contributed by atoms with Crippen molar-refractivity contribution < 1.29 is 13.9 Å². The van der Waals surface area contributed by atoms with E-state index in [0.717, 1.165) is 18.2 Å². The van der Waals surface area contributed by atoms with Crippen molar-refractivity contribution in [2.24, 2.45) is 0 Å². The minimum absolute atomic E-state index is 0.0623. The van der Waals surface area contributed by atoms with Crippen LogP contribution in [-0.2, 0) is 4.74 Å². The molecule has 0 N–H and O–H groups in total. The average molecular weight is 337 g/mol. The lowest BCUT2D eigenvalue weighted by Gasteiger charge is -2.31. The standard InChI is InChI=1S/C12H15BrClNO3/c13-4-8-17-9-1-5-15(6-2-9)12(16)10-3-7-18-11(10)14/h3,7,9H,1-2,4-6,8H2. The van der Waals surface area contributed by atoms with Crippen LogP contribution in [-0.4, -0.2) is 41.9 Å². The fraction of sp³-hybridized carbons (Fsp3) is 0.583. The molecule has 1 saturated heterocycles. The zero-order valence-corrected chi connectivity index (χ0v) is 12.2. The average Bonchev–Trinajstić information content (AvgIpc) is 2.82. The number of halogens is 2. The maximum Gasteiger partial charge on any atom is 0.258 e. The molecule has 0 aromatic carbocycles. The van der Waals surface area contributed by atoms with E-state index in [0.29, 0.717) is 25.3 Å². The molecule has 1 fully saturated rings. The number of amides is 1. The Balaban J connectivity index is 1.86. The first-order valence-corrected chi connectivity index (χ1v) is 7.42. The smallest absolute Gasteiger partial charge is 0.258 e. The second-order valence-corrected chi connectivity index (χ2v) is 5.30. The van der Waals surface area contributed by atoms with Gasteiger partial charge in [0, 0.05) is 18.4 Å². The van der Waals surface area contributed by atoms with Gasteiger partial charge in [-0.25, -0.2) is 0 Å². The third-order valence-corrected chi connectivity index (χ3v) is 3.62. The van der Waals surface area contributed by atoms with Crippen LogP contribution < -0.4 is 0 Å². The van der Waals surface area contributed by atoms with E-state index in [1.807, 2.05) is 0 Å². The van der Waals surface area contributed by atoms with Crippen molar-refractivity contribution in [1.82, 2.24) is 4.90 Å². The topological polar surface area (TPSA) is 42.7 Å². The number of nitrogens with zero attached hydrogens (tertiary/aromatic N) is 1. The van der Waals surface area contributed by atoms with Gasteiger partial charge in [-0.05, 0) is 30.5 Å². The van der Waals surface area contributed by atoms with Crippen molar-refractivity contribution in [3.63, 3.8) is 0 Å². The molecule has 1 aromatic heterocycles. The Morgan fingerprint density at radius 2 is 2.28 bits per heavy atom. The highest BCUT2D eigenvalue weighted by Gasteiger charge is 2.25. The van der Waals surface area contributed by atoms with Crippen LogP contribution in [0.25, 0.3) is 0 Å². The Morgan fingerprint density at radius 3 is 2.83 bits per heavy atom. The van der Waals surface area contributed by atoms with Crippen molar-refractivity contribution in [3.05, 3.63) is 23.1 Å². The summed E-state index contributed by atoms with van der Waals surface area (Å²) in [5, 5.41) is 1.01. The predicted octanol–water partition coefficient (Wildman–Crippen LogP) is 2.95. The van der Waals surface area contributed by atoms with E-state index < -0.39 is 0 Å². The number of furan rings is 1. The van der Waals surface area contributed by atoms with Crippen molar-refractivity contribution in [3.8, 4) is 0 Å². The van der Waals surface area contributed by atoms with E-state index in [2.05, 4.69) is 15.9 Å². The second kappa shape index (κ2) is 6.59. The highest BCUT2D eigenvalue weighted by molar-refractivity contribution is 9.09. The van der Waals surface area contributed by atoms with Crippen LogP contribution in [0.3, 0.4) is 0 Å². The molecule has 0 saturated carbocycles. The van der Waals surface area contributed by atoms with Gasteiger partial charge < -0.3 is 14.1 Å². The Labute approximate surface area is 119 Å². The predicted molar refractivity (Wildman–Crippen MR) is 72.4 cm³/mol. The molecule has 1 aromatic rings. The van der Waals surface area contributed by atoms with Crippen molar-refractivity contribution in [1.29, 1.82) is 0 Å². The Morgan fingerprint density at radius 1 is 1.56 bits per heavy atom. The molecule has 1 aliphatic rings. The molecule has 0 radical (unpaired) electrons. The van der Waals surface area contributed by atoms with Crippen molar-refractivity contribution >= 4 is 33.4 Å². The molecule has 1 aliphatic heterocycles. The quantitative estimate of drug-likeness (QED) is 0.794. The van der Waals surface area contributed by atoms with Crippen LogP contribution in [0.15, 0.2) is 16.7 Å². The molecule has 0 bridgehead atoms. The van der Waals surface area contributed by atoms with Crippen molar-refractivity contribution in [2.45, 2.75) is 18.9 Å². The molecular weight excluding hydrogens is 321 g/mol. The molecule has 4 nitrogen and oxygen atoms in total. The number of carbonyl (C=O) groups excluding carboxylic acids is 1. The number of carbonyl (C=O) groups is 1. The molecule has 2 rings (SSSR count). The summed E-state index contributed by atoms with van der Waals surface area (Å²) in [6, 6.07) is 1.61. The van der Waals surface area contributed by atoms with Gasteiger partial charge in [0.25, 0.3) is 5.91 Å². The van der Waals surface area contributed by atoms with Crippen LogP contribution >= 0.6 is 27.5 Å². The third kappa shape index (κ3) is 3.28. The monoisotopic (exact) mass is 335 g/mol. The molecule has 0 spiro atoms. The van der Waals surface area contributed by atoms with Crippen LogP contribution in [0, 0.1) is 0 Å². The molecule has 0 aliphatic carbocycles. The molecule has 18 heavy (non-hydrogen) atoms. The lowest BCUT2D eigenvalue weighted by molar-refractivity contribution is 0.0160. The van der Waals surface area contributed by atoms with E-state index in [4.69, 9.17) is 20.8 Å². The molecule has 0 atom stereocenters. The SMILES string of the molecule is O=C(c1ccoc1Cl)N1CCC(OCCBr)CC1. The van der Waals surface area contributed by atoms with E-state index in [1.165, 1.54) is 6.26 Å². The first-order chi connectivity index (χ1) is 8.72. The third-order valence-electron chi connectivity index (χ3n) is 3.01. The Hall–Kier alpha value is -0.520. The minimum Gasteiger partial charge on any atom is -0.452 e. The second-order valence-electron chi connectivity index (χ2n) is 4.16. The zero-order valence-electron chi connectivity index (χ0n) is 9.90. The van der Waals surface area contributed by atoms with Gasteiger partial charge in [0.05, 0.1) is 24.5 Å². The van der Waals surface area contributed by atoms with Crippen LogP contribution in [0.2, 0.25) is 5.22 Å². The lowest BCUT2D eigenvalue weighted by atomic mass is 10.1. The summed E-state index contributed by atoms with van der Waals surface area (Å²) in [4.78, 5) is 13.9. The van der Waals surface area contributed by atoms with Gasteiger partial charge in [-0.15, -0.1) is 0 Å². The largest absolute Gasteiger partial charge is 0.452 e. The van der Waals surface area contributed by atoms with E-state index in [1.54, 1.807) is 11.0 Å². The molecule has 6 heteroatoms. The number of piperidine rings is 1. The van der Waals surface area contributed by atoms with E-state index >= 15 is 0 Å². The Bertz CT molecular complexity index is 402. The summed E-state index contributed by atoms with van der Waals surface area (Å²) in [5.74, 6) is -0.0623. The van der Waals surface area contributed by atoms with Crippen molar-refractivity contribution in [2.75, 3.05) is 25.0 Å². The van der Waals surface area contributed by atoms with Crippen LogP contribution in [0.4, 0.5) is 0 Å². The summed E-state index contributed by atoms with van der Waals surface area (Å²) < 4.78 is 10.6. The van der Waals surface area contributed by atoms with Crippen LogP contribution in [0.1, 0.15) is 23.2 Å². The van der Waals surface area contributed by atoms with Gasteiger partial charge in [-0.1, -0.05) is 15.9 Å². The maximum atomic E-state index is 12.1. The first kappa shape index (κ1) is 13.9. The maximum absolute atomic E-state index is 12.1. The number of hydrogen-bond donors (Lipinski definition) is 0. The molecular formula is C12H15BrClNO3. The zero-order chi connectivity index (χ0) is 13.0. The van der Waals surface area contributed by atoms with Gasteiger partial charge in [-0.2, -0.15) is 0 Å². The number of ether oxygens (including phenoxy) is 1. The lowest BCUT2D eigenvalue weighted by Crippen LogP contribution is -2.41. The molecule has 0 unspecified atom stereocenters. The van der Waals surface area contributed by atoms with Gasteiger partial charge in [0.15, 0.2) is 0 Å². The number of hydrogen-bond acceptors (Lipinski definition) is 3. The molecule has 1 amide bonds. The summed E-state index contributed by atoms with van der Waals surface area (Å²) in [6.07, 6.45) is 3.43. The summed E-state index contributed by atoms with van der Waals surface area (Å²) in [6.45, 7) is 2.12. The highest BCUT2D eigenvalue weighted by atomic mass is 79.9. The Kier molecular flexibility index (Phi) is 5.09. The minimum atomic E-state index is -0.0623. The first-order valence-electron chi connectivity index (χ1n) is 5.92. The van der Waals surface area contributed by atoms with E-state index in [9.17, 15) is 4.79 Å². The number of alkyl halides is 1. The van der Waals surface area contributed by atoms with E-state index in [-0.39, 0.29) is 17.2 Å². The van der Waals surface area contributed by atoms with Gasteiger partial charge in [0.2, 0.25) is 5.22 Å². The van der Waals surface area contributed by atoms with Gasteiger partial charge in [0.1, 0.15) is 0 Å². The van der Waals surface area contributed by atoms with Crippen LogP contribution in [0.5, 0.6) is 0 Å². The highest BCUT2D eigenvalue weighted by Crippen LogP contribution is 2.21. The molecule has 100 valence electrons. The number of rotatable bonds is 4.